The summed E-state index contributed by atoms with van der Waals surface area (Å²) in [6, 6.07) is 3.21. The highest BCUT2D eigenvalue weighted by atomic mass is 16.1. The van der Waals surface area contributed by atoms with E-state index in [1.54, 1.807) is 30.8 Å². The van der Waals surface area contributed by atoms with Crippen molar-refractivity contribution in [1.29, 1.82) is 0 Å². The Bertz CT molecular complexity index is 171. The monoisotopic (exact) mass is 106 g/mol. The first-order valence-corrected chi connectivity index (χ1v) is 2.21. The molecule has 1 rings (SSSR count). The Morgan fingerprint density at radius 1 is 1.38 bits per heavy atom. The van der Waals surface area contributed by atoms with E-state index in [1.807, 2.05) is 0 Å². The second-order valence-electron chi connectivity index (χ2n) is 1.34. The molecule has 2 nitrogen and oxygen atoms in total. The molecule has 0 aliphatic rings. The van der Waals surface area contributed by atoms with Gasteiger partial charge in [0.2, 0.25) is 5.56 Å². The van der Waals surface area contributed by atoms with Crippen LogP contribution in [0.4, 0.5) is 0 Å². The van der Waals surface area contributed by atoms with Crippen molar-refractivity contribution in [3.8, 4) is 0 Å². The summed E-state index contributed by atoms with van der Waals surface area (Å²) < 4.78 is 0. The minimum absolute atomic E-state index is 0.542. The highest BCUT2D eigenvalue weighted by molar-refractivity contribution is 5.74. The van der Waals surface area contributed by atoms with Crippen molar-refractivity contribution < 1.29 is 4.79 Å². The van der Waals surface area contributed by atoms with Gasteiger partial charge >= 0.3 is 6.29 Å². The van der Waals surface area contributed by atoms with E-state index in [-0.39, 0.29) is 0 Å². The Hall–Kier alpha value is -1.27. The summed E-state index contributed by atoms with van der Waals surface area (Å²) in [6.45, 7) is 0. The second-order valence-corrected chi connectivity index (χ2v) is 1.34. The highest BCUT2D eigenvalue weighted by Crippen LogP contribution is 1.87. The highest BCUT2D eigenvalue weighted by Gasteiger charge is 1.95. The van der Waals surface area contributed by atoms with Crippen LogP contribution in [0.2, 0.25) is 0 Å². The van der Waals surface area contributed by atoms with Crippen molar-refractivity contribution in [3.05, 3.63) is 30.1 Å². The van der Waals surface area contributed by atoms with Gasteiger partial charge in [0.25, 0.3) is 0 Å². The molecule has 1 heterocycles. The molecule has 0 atom stereocenters. The van der Waals surface area contributed by atoms with Gasteiger partial charge in [-0.25, -0.2) is 4.98 Å². The summed E-state index contributed by atoms with van der Waals surface area (Å²) in [5, 5.41) is 0. The predicted molar refractivity (Wildman–Crippen MR) is 29.0 cm³/mol. The zero-order chi connectivity index (χ0) is 5.82. The number of rotatable bonds is 1. The van der Waals surface area contributed by atoms with Gasteiger partial charge in [0.1, 0.15) is 0 Å². The molecule has 0 aromatic carbocycles. The van der Waals surface area contributed by atoms with Crippen molar-refractivity contribution in [2.45, 2.75) is 0 Å². The van der Waals surface area contributed by atoms with Crippen LogP contribution in [0.1, 0.15) is 5.56 Å². The first kappa shape index (κ1) is 4.88. The van der Waals surface area contributed by atoms with E-state index in [9.17, 15) is 4.79 Å². The normalized spacial score (nSPS) is 8.00. The Morgan fingerprint density at radius 2 is 2.00 bits per heavy atom. The van der Waals surface area contributed by atoms with E-state index in [0.29, 0.717) is 5.56 Å². The van der Waals surface area contributed by atoms with E-state index in [0.717, 1.165) is 0 Å². The van der Waals surface area contributed by atoms with Gasteiger partial charge in [0.05, 0.1) is 24.5 Å². The van der Waals surface area contributed by atoms with Crippen LogP contribution in [0.15, 0.2) is 24.5 Å². The third-order valence-electron chi connectivity index (χ3n) is 0.798. The molecule has 0 aliphatic heterocycles. The van der Waals surface area contributed by atoms with E-state index in [1.165, 1.54) is 0 Å². The molecule has 0 spiro atoms. The molecule has 0 N–H and O–H groups in total. The fraction of sp³-hybridized carbons (Fsp3) is 0. The van der Waals surface area contributed by atoms with E-state index in [2.05, 4.69) is 4.98 Å². The van der Waals surface area contributed by atoms with E-state index in [4.69, 9.17) is 0 Å². The van der Waals surface area contributed by atoms with E-state index < -0.39 is 0 Å². The zero-order valence-electron chi connectivity index (χ0n) is 4.16. The summed E-state index contributed by atoms with van der Waals surface area (Å²) in [7, 11) is 0. The average molecular weight is 106 g/mol. The van der Waals surface area contributed by atoms with Crippen LogP contribution in [-0.4, -0.2) is 11.3 Å². The number of hydrogen-bond acceptors (Lipinski definition) is 2. The molecule has 0 aliphatic carbocycles. The fourth-order valence-electron chi connectivity index (χ4n) is 0.420. The number of pyridine rings is 1. The van der Waals surface area contributed by atoms with Gasteiger partial charge in [-0.1, -0.05) is 0 Å². The second kappa shape index (κ2) is 2.15. The lowest BCUT2D eigenvalue weighted by Gasteiger charge is -1.69. The minimum atomic E-state index is 0.542. The molecule has 0 amide bonds. The average Bonchev–Trinajstić information content (AvgIpc) is 1.90. The van der Waals surface area contributed by atoms with Crippen LogP contribution >= 0.6 is 0 Å². The first-order chi connectivity index (χ1) is 3.93. The molecule has 0 saturated heterocycles. The third-order valence-corrected chi connectivity index (χ3v) is 0.798. The van der Waals surface area contributed by atoms with Gasteiger partial charge in [-0.3, -0.25) is 0 Å². The lowest BCUT2D eigenvalue weighted by Crippen LogP contribution is -1.77. The molecule has 0 fully saturated rings. The van der Waals surface area contributed by atoms with Gasteiger partial charge < -0.3 is 0 Å². The fourth-order valence-corrected chi connectivity index (χ4v) is 0.420. The molecule has 38 valence electrons. The number of nitrogens with zero attached hydrogens (tertiary/aromatic N) is 1. The summed E-state index contributed by atoms with van der Waals surface area (Å²) >= 11 is 0. The van der Waals surface area contributed by atoms with Crippen molar-refractivity contribution >= 4 is 6.29 Å². The summed E-state index contributed by atoms with van der Waals surface area (Å²) in [5.74, 6) is 0. The zero-order valence-corrected chi connectivity index (χ0v) is 4.16. The van der Waals surface area contributed by atoms with Crippen molar-refractivity contribution in [2.75, 3.05) is 0 Å². The van der Waals surface area contributed by atoms with Crippen molar-refractivity contribution in [3.63, 3.8) is 0 Å². The van der Waals surface area contributed by atoms with E-state index >= 15 is 0 Å². The SMILES string of the molecule is O=[C+]c1ccncc1. The smallest absolute Gasteiger partial charge is 0.236 e. The molecule has 0 unspecified atom stereocenters. The summed E-state index contributed by atoms with van der Waals surface area (Å²) in [5.41, 5.74) is 0.542. The summed E-state index contributed by atoms with van der Waals surface area (Å²) in [4.78, 5) is 13.6. The van der Waals surface area contributed by atoms with Crippen LogP contribution in [0, 0.1) is 0 Å². The maximum absolute atomic E-state index is 9.85. The first-order valence-electron chi connectivity index (χ1n) is 2.21. The third kappa shape index (κ3) is 0.863. The number of hydrogen-bond donors (Lipinski definition) is 0. The maximum Gasteiger partial charge on any atom is 0.303 e. The molecule has 0 bridgehead atoms. The van der Waals surface area contributed by atoms with Crippen LogP contribution < -0.4 is 0 Å². The Morgan fingerprint density at radius 3 is 2.38 bits per heavy atom. The van der Waals surface area contributed by atoms with Gasteiger partial charge in [-0.05, 0) is 0 Å². The van der Waals surface area contributed by atoms with Crippen LogP contribution in [0.3, 0.4) is 0 Å². The van der Waals surface area contributed by atoms with Gasteiger partial charge in [0.15, 0.2) is 0 Å². The van der Waals surface area contributed by atoms with Gasteiger partial charge in [0, 0.05) is 0 Å². The largest absolute Gasteiger partial charge is 0.303 e. The Balaban J connectivity index is 2.99. The topological polar surface area (TPSA) is 30.0 Å². The number of carbonyl (C=O) groups excluding carboxylic acids is 1. The Labute approximate surface area is 47.2 Å². The molecule has 8 heavy (non-hydrogen) atoms. The molecule has 1 aromatic heterocycles. The van der Waals surface area contributed by atoms with Crippen LogP contribution in [0.5, 0.6) is 0 Å². The van der Waals surface area contributed by atoms with Crippen LogP contribution in [-0.2, 0) is 4.79 Å². The molecule has 1 aromatic rings. The molecule has 0 saturated carbocycles. The lowest BCUT2D eigenvalue weighted by molar-refractivity contribution is 0.562. The van der Waals surface area contributed by atoms with Crippen molar-refractivity contribution in [1.82, 2.24) is 4.98 Å². The minimum Gasteiger partial charge on any atom is -0.236 e. The van der Waals surface area contributed by atoms with Gasteiger partial charge in [-0.2, -0.15) is 0 Å². The summed E-state index contributed by atoms with van der Waals surface area (Å²) in [6.07, 6.45) is 4.85. The number of aromatic nitrogens is 1. The van der Waals surface area contributed by atoms with Crippen molar-refractivity contribution in [2.24, 2.45) is 0 Å². The predicted octanol–water partition coefficient (Wildman–Crippen LogP) is 0.539. The lowest BCUT2D eigenvalue weighted by atomic mass is 10.3. The maximum atomic E-state index is 9.85. The molecular formula is C6H4NO+. The molecule has 2 heteroatoms. The molecular weight excluding hydrogens is 102 g/mol. The molecule has 0 radical (unpaired) electrons. The van der Waals surface area contributed by atoms with Crippen LogP contribution in [0.25, 0.3) is 0 Å². The quantitative estimate of drug-likeness (QED) is 0.489. The standard InChI is InChI=1S/C6H4NO/c8-5-6-1-3-7-4-2-6/h1-4H/q+1. The Kier molecular flexibility index (Phi) is 1.31. The van der Waals surface area contributed by atoms with Gasteiger partial charge in [-0.15, -0.1) is 4.79 Å².